The molecule has 0 aromatic carbocycles. The van der Waals surface area contributed by atoms with Gasteiger partial charge in [-0.2, -0.15) is 0 Å². The molecule has 0 atom stereocenters. The van der Waals surface area contributed by atoms with Crippen molar-refractivity contribution in [3.63, 3.8) is 0 Å². The topological polar surface area (TPSA) is 82.7 Å². The van der Waals surface area contributed by atoms with Gasteiger partial charge in [0.25, 0.3) is 0 Å². The number of hydrogen-bond acceptors (Lipinski definition) is 3. The van der Waals surface area contributed by atoms with E-state index in [9.17, 15) is 4.79 Å². The molecular formula is C17H38IN5O. The van der Waals surface area contributed by atoms with E-state index in [0.29, 0.717) is 18.6 Å². The summed E-state index contributed by atoms with van der Waals surface area (Å²) in [7, 11) is 0. The Morgan fingerprint density at radius 1 is 1.17 bits per heavy atom. The fourth-order valence-electron chi connectivity index (χ4n) is 2.28. The Labute approximate surface area is 165 Å². The lowest BCUT2D eigenvalue weighted by molar-refractivity contribution is -0.125. The average molecular weight is 455 g/mol. The lowest BCUT2D eigenvalue weighted by Gasteiger charge is -2.30. The van der Waals surface area contributed by atoms with Crippen molar-refractivity contribution in [2.45, 2.75) is 67.0 Å². The Morgan fingerprint density at radius 2 is 1.71 bits per heavy atom. The van der Waals surface area contributed by atoms with E-state index in [4.69, 9.17) is 5.73 Å². The second-order valence-corrected chi connectivity index (χ2v) is 7.15. The van der Waals surface area contributed by atoms with Crippen LogP contribution in [0.3, 0.4) is 0 Å². The van der Waals surface area contributed by atoms with E-state index in [1.165, 1.54) is 0 Å². The number of carbonyl (C=O) groups excluding carboxylic acids is 1. The van der Waals surface area contributed by atoms with Crippen molar-refractivity contribution in [3.05, 3.63) is 0 Å². The Balaban J connectivity index is 0. The number of carbonyl (C=O) groups is 1. The maximum Gasteiger partial charge on any atom is 0.224 e. The molecule has 24 heavy (non-hydrogen) atoms. The van der Waals surface area contributed by atoms with Crippen LogP contribution in [-0.2, 0) is 4.79 Å². The van der Waals surface area contributed by atoms with Gasteiger partial charge in [0.15, 0.2) is 5.96 Å². The summed E-state index contributed by atoms with van der Waals surface area (Å²) in [5, 5.41) is 6.53. The van der Waals surface area contributed by atoms with Crippen LogP contribution in [-0.4, -0.2) is 55.0 Å². The van der Waals surface area contributed by atoms with Crippen molar-refractivity contribution in [3.8, 4) is 0 Å². The zero-order chi connectivity index (χ0) is 18.0. The zero-order valence-corrected chi connectivity index (χ0v) is 18.8. The number of nitrogens with two attached hydrogens (primary N) is 1. The third kappa shape index (κ3) is 10.3. The number of rotatable bonds is 10. The maximum absolute atomic E-state index is 11.4. The predicted molar refractivity (Wildman–Crippen MR) is 114 cm³/mol. The highest BCUT2D eigenvalue weighted by atomic mass is 127. The van der Waals surface area contributed by atoms with Crippen molar-refractivity contribution in [1.82, 2.24) is 15.5 Å². The Morgan fingerprint density at radius 3 is 2.12 bits per heavy atom. The second-order valence-electron chi connectivity index (χ2n) is 7.15. The van der Waals surface area contributed by atoms with E-state index in [2.05, 4.69) is 48.2 Å². The molecule has 0 saturated carbocycles. The van der Waals surface area contributed by atoms with Gasteiger partial charge in [-0.1, -0.05) is 0 Å². The fourth-order valence-corrected chi connectivity index (χ4v) is 2.28. The summed E-state index contributed by atoms with van der Waals surface area (Å²) in [5.41, 5.74) is 4.76. The van der Waals surface area contributed by atoms with Gasteiger partial charge in [0.2, 0.25) is 5.91 Å². The molecule has 144 valence electrons. The van der Waals surface area contributed by atoms with E-state index in [0.717, 1.165) is 32.0 Å². The van der Waals surface area contributed by atoms with Crippen LogP contribution in [0.2, 0.25) is 0 Å². The monoisotopic (exact) mass is 455 g/mol. The predicted octanol–water partition coefficient (Wildman–Crippen LogP) is 2.18. The van der Waals surface area contributed by atoms with E-state index < -0.39 is 5.41 Å². The van der Waals surface area contributed by atoms with Crippen molar-refractivity contribution < 1.29 is 4.79 Å². The third-order valence-electron chi connectivity index (χ3n) is 3.86. The van der Waals surface area contributed by atoms with Gasteiger partial charge in [-0.05, 0) is 54.9 Å². The maximum atomic E-state index is 11.4. The van der Waals surface area contributed by atoms with E-state index >= 15 is 0 Å². The van der Waals surface area contributed by atoms with Gasteiger partial charge in [0, 0.05) is 31.7 Å². The average Bonchev–Trinajstić information content (AvgIpc) is 2.43. The summed E-state index contributed by atoms with van der Waals surface area (Å²) < 4.78 is 0. The molecule has 1 amide bonds. The fraction of sp³-hybridized carbons (Fsp3) is 0.882. The van der Waals surface area contributed by atoms with Crippen LogP contribution in [0.1, 0.15) is 54.9 Å². The van der Waals surface area contributed by atoms with Crippen LogP contribution in [0.15, 0.2) is 4.99 Å². The standard InChI is InChI=1S/C17H37N5O.HI/c1-8-19-16(21-12-17(6,7)15(18)23)20-10-9-11-22(13(2)3)14(4)5;/h13-14H,8-12H2,1-7H3,(H2,18,23)(H2,19,20,21);1H. The molecule has 0 aromatic heterocycles. The first kappa shape index (κ1) is 25.7. The Hall–Kier alpha value is -0.570. The van der Waals surface area contributed by atoms with Crippen molar-refractivity contribution >= 4 is 35.8 Å². The quantitative estimate of drug-likeness (QED) is 0.204. The highest BCUT2D eigenvalue weighted by molar-refractivity contribution is 14.0. The summed E-state index contributed by atoms with van der Waals surface area (Å²) in [4.78, 5) is 18.3. The first-order valence-corrected chi connectivity index (χ1v) is 8.69. The molecule has 0 aliphatic carbocycles. The molecule has 0 saturated heterocycles. The van der Waals surface area contributed by atoms with E-state index in [1.807, 2.05) is 20.8 Å². The summed E-state index contributed by atoms with van der Waals surface area (Å²) in [5.74, 6) is 0.407. The minimum absolute atomic E-state index is 0. The van der Waals surface area contributed by atoms with Crippen LogP contribution in [0.25, 0.3) is 0 Å². The number of primary amides is 1. The normalized spacial score (nSPS) is 12.5. The van der Waals surface area contributed by atoms with Gasteiger partial charge in [-0.25, -0.2) is 0 Å². The molecular weight excluding hydrogens is 417 g/mol. The number of guanidine groups is 1. The van der Waals surface area contributed by atoms with Gasteiger partial charge in [-0.15, -0.1) is 24.0 Å². The molecule has 0 aliphatic heterocycles. The van der Waals surface area contributed by atoms with Crippen molar-refractivity contribution in [1.29, 1.82) is 0 Å². The highest BCUT2D eigenvalue weighted by Crippen LogP contribution is 2.13. The van der Waals surface area contributed by atoms with E-state index in [1.54, 1.807) is 0 Å². The molecule has 0 spiro atoms. The number of hydrogen-bond donors (Lipinski definition) is 3. The minimum Gasteiger partial charge on any atom is -0.369 e. The molecule has 4 N–H and O–H groups in total. The summed E-state index contributed by atoms with van der Waals surface area (Å²) in [6, 6.07) is 1.10. The summed E-state index contributed by atoms with van der Waals surface area (Å²) in [6.07, 6.45) is 1.04. The Kier molecular flexibility index (Phi) is 13.6. The highest BCUT2D eigenvalue weighted by Gasteiger charge is 2.24. The van der Waals surface area contributed by atoms with Gasteiger partial charge in [0.05, 0.1) is 12.0 Å². The van der Waals surface area contributed by atoms with Crippen LogP contribution in [0, 0.1) is 5.41 Å². The molecule has 7 heteroatoms. The lowest BCUT2D eigenvalue weighted by atomic mass is 9.93. The molecule has 0 unspecified atom stereocenters. The number of aliphatic imine (C=N–C) groups is 1. The van der Waals surface area contributed by atoms with Gasteiger partial charge >= 0.3 is 0 Å². The van der Waals surface area contributed by atoms with Crippen LogP contribution in [0.5, 0.6) is 0 Å². The third-order valence-corrected chi connectivity index (χ3v) is 3.86. The minimum atomic E-state index is -0.631. The zero-order valence-electron chi connectivity index (χ0n) is 16.5. The number of nitrogens with one attached hydrogen (secondary N) is 2. The lowest BCUT2D eigenvalue weighted by Crippen LogP contribution is -2.42. The molecule has 0 radical (unpaired) electrons. The van der Waals surface area contributed by atoms with Crippen molar-refractivity contribution in [2.75, 3.05) is 26.2 Å². The van der Waals surface area contributed by atoms with Crippen LogP contribution in [0.4, 0.5) is 0 Å². The summed E-state index contributed by atoms with van der Waals surface area (Å²) >= 11 is 0. The molecule has 0 rings (SSSR count). The van der Waals surface area contributed by atoms with E-state index in [-0.39, 0.29) is 29.9 Å². The van der Waals surface area contributed by atoms with Gasteiger partial charge in [-0.3, -0.25) is 14.7 Å². The number of halogens is 1. The second kappa shape index (κ2) is 12.7. The largest absolute Gasteiger partial charge is 0.369 e. The van der Waals surface area contributed by atoms with Crippen LogP contribution >= 0.6 is 24.0 Å². The molecule has 0 heterocycles. The Bertz CT molecular complexity index is 375. The molecule has 0 fully saturated rings. The van der Waals surface area contributed by atoms with Crippen molar-refractivity contribution in [2.24, 2.45) is 16.1 Å². The number of amides is 1. The van der Waals surface area contributed by atoms with Gasteiger partial charge in [0.1, 0.15) is 0 Å². The SMILES string of the molecule is CCNC(=NCC(C)(C)C(N)=O)NCCCN(C(C)C)C(C)C.I. The first-order chi connectivity index (χ1) is 10.6. The first-order valence-electron chi connectivity index (χ1n) is 8.69. The summed E-state index contributed by atoms with van der Waals surface area (Å²) in [6.45, 7) is 17.6. The molecule has 0 aromatic rings. The van der Waals surface area contributed by atoms with Gasteiger partial charge < -0.3 is 16.4 Å². The van der Waals surface area contributed by atoms with Crippen LogP contribution < -0.4 is 16.4 Å². The molecule has 0 bridgehead atoms. The molecule has 6 nitrogen and oxygen atoms in total. The number of nitrogens with zero attached hydrogens (tertiary/aromatic N) is 2. The smallest absolute Gasteiger partial charge is 0.224 e. The molecule has 0 aliphatic rings.